The van der Waals surface area contributed by atoms with E-state index in [9.17, 15) is 0 Å². The highest BCUT2D eigenvalue weighted by Gasteiger charge is 1.96. The first-order chi connectivity index (χ1) is 7.22. The van der Waals surface area contributed by atoms with Crippen LogP contribution in [0.3, 0.4) is 0 Å². The Labute approximate surface area is 92.5 Å². The van der Waals surface area contributed by atoms with Gasteiger partial charge in [0.1, 0.15) is 6.11 Å². The third-order valence-corrected chi connectivity index (χ3v) is 2.01. The van der Waals surface area contributed by atoms with Gasteiger partial charge in [0.2, 0.25) is 0 Å². The van der Waals surface area contributed by atoms with Gasteiger partial charge in [0.25, 0.3) is 0 Å². The quantitative estimate of drug-likeness (QED) is 0.684. The van der Waals surface area contributed by atoms with Crippen LogP contribution in [0.15, 0.2) is 24.3 Å². The van der Waals surface area contributed by atoms with Crippen LogP contribution >= 0.6 is 0 Å². The fourth-order valence-electron chi connectivity index (χ4n) is 1.36. The lowest BCUT2D eigenvalue weighted by Gasteiger charge is -2.03. The molecule has 0 N–H and O–H groups in total. The Morgan fingerprint density at radius 1 is 1.20 bits per heavy atom. The minimum Gasteiger partial charge on any atom is -0.447 e. The van der Waals surface area contributed by atoms with Crippen molar-refractivity contribution in [2.45, 2.75) is 27.2 Å². The number of hydrogen-bond donors (Lipinski definition) is 0. The Balaban J connectivity index is 2.61. The average molecular weight is 202 g/mol. The highest BCUT2D eigenvalue weighted by atomic mass is 16.5. The Morgan fingerprint density at radius 2 is 1.87 bits per heavy atom. The summed E-state index contributed by atoms with van der Waals surface area (Å²) in [7, 11) is 0. The Bertz CT molecular complexity index is 338. The van der Waals surface area contributed by atoms with E-state index < -0.39 is 0 Å². The SMILES string of the molecule is CCOC#Cc1ccc(CC(C)C)cc1. The second kappa shape index (κ2) is 6.14. The van der Waals surface area contributed by atoms with Crippen LogP contribution in [-0.2, 0) is 11.2 Å². The summed E-state index contributed by atoms with van der Waals surface area (Å²) in [6.07, 6.45) is 3.79. The molecule has 15 heavy (non-hydrogen) atoms. The molecular weight excluding hydrogens is 184 g/mol. The molecule has 1 heteroatoms. The van der Waals surface area contributed by atoms with Crippen molar-refractivity contribution in [1.29, 1.82) is 0 Å². The second-order valence-electron chi connectivity index (χ2n) is 3.95. The highest BCUT2D eigenvalue weighted by molar-refractivity contribution is 5.35. The number of rotatable bonds is 3. The summed E-state index contributed by atoms with van der Waals surface area (Å²) in [4.78, 5) is 0. The Morgan fingerprint density at radius 3 is 2.40 bits per heavy atom. The van der Waals surface area contributed by atoms with Gasteiger partial charge < -0.3 is 4.74 Å². The van der Waals surface area contributed by atoms with E-state index in [2.05, 4.69) is 38.0 Å². The molecule has 1 aromatic rings. The first kappa shape index (κ1) is 11.7. The normalized spacial score (nSPS) is 9.60. The summed E-state index contributed by atoms with van der Waals surface area (Å²) in [5.74, 6) is 3.65. The lowest BCUT2D eigenvalue weighted by Crippen LogP contribution is -1.93. The van der Waals surface area contributed by atoms with Gasteiger partial charge in [0, 0.05) is 5.56 Å². The summed E-state index contributed by atoms with van der Waals surface area (Å²) in [6.45, 7) is 7.02. The van der Waals surface area contributed by atoms with Crippen molar-refractivity contribution >= 4 is 0 Å². The van der Waals surface area contributed by atoms with Gasteiger partial charge in [-0.05, 0) is 42.9 Å². The van der Waals surface area contributed by atoms with E-state index >= 15 is 0 Å². The molecular formula is C14H18O. The molecule has 0 radical (unpaired) electrons. The van der Waals surface area contributed by atoms with Crippen molar-refractivity contribution in [1.82, 2.24) is 0 Å². The predicted octanol–water partition coefficient (Wildman–Crippen LogP) is 3.23. The molecule has 0 saturated carbocycles. The van der Waals surface area contributed by atoms with Crippen LogP contribution in [-0.4, -0.2) is 6.61 Å². The molecule has 0 spiro atoms. The van der Waals surface area contributed by atoms with Crippen molar-refractivity contribution in [3.8, 4) is 12.0 Å². The zero-order chi connectivity index (χ0) is 11.1. The minimum absolute atomic E-state index is 0.637. The van der Waals surface area contributed by atoms with E-state index in [4.69, 9.17) is 4.74 Å². The monoisotopic (exact) mass is 202 g/mol. The van der Waals surface area contributed by atoms with Crippen LogP contribution in [0, 0.1) is 17.9 Å². The minimum atomic E-state index is 0.637. The molecule has 0 atom stereocenters. The van der Waals surface area contributed by atoms with Crippen LogP contribution in [0.5, 0.6) is 0 Å². The lowest BCUT2D eigenvalue weighted by molar-refractivity contribution is 0.299. The molecule has 0 bridgehead atoms. The summed E-state index contributed by atoms with van der Waals surface area (Å²) in [6, 6.07) is 8.36. The molecule has 0 amide bonds. The number of benzene rings is 1. The van der Waals surface area contributed by atoms with E-state index in [-0.39, 0.29) is 0 Å². The second-order valence-corrected chi connectivity index (χ2v) is 3.95. The first-order valence-corrected chi connectivity index (χ1v) is 5.44. The molecule has 0 unspecified atom stereocenters. The van der Waals surface area contributed by atoms with E-state index in [0.717, 1.165) is 12.0 Å². The molecule has 0 aromatic heterocycles. The number of hydrogen-bond acceptors (Lipinski definition) is 1. The van der Waals surface area contributed by atoms with Crippen molar-refractivity contribution in [3.05, 3.63) is 35.4 Å². The van der Waals surface area contributed by atoms with Crippen LogP contribution in [0.4, 0.5) is 0 Å². The summed E-state index contributed by atoms with van der Waals surface area (Å²) in [5.41, 5.74) is 2.38. The van der Waals surface area contributed by atoms with E-state index in [0.29, 0.717) is 12.5 Å². The third kappa shape index (κ3) is 4.56. The molecule has 1 nitrogen and oxygen atoms in total. The van der Waals surface area contributed by atoms with Crippen molar-refractivity contribution < 1.29 is 4.74 Å². The summed E-state index contributed by atoms with van der Waals surface area (Å²) >= 11 is 0. The largest absolute Gasteiger partial charge is 0.447 e. The van der Waals surface area contributed by atoms with Crippen LogP contribution in [0.1, 0.15) is 31.9 Å². The molecule has 80 valence electrons. The molecule has 1 aromatic carbocycles. The zero-order valence-corrected chi connectivity index (χ0v) is 9.71. The summed E-state index contributed by atoms with van der Waals surface area (Å²) in [5, 5.41) is 0. The standard InChI is InChI=1S/C14H18O/c1-4-15-10-9-13-5-7-14(8-6-13)11-12(2)3/h5-8,12H,4,11H2,1-3H3. The maximum absolute atomic E-state index is 4.97. The smallest absolute Gasteiger partial charge is 0.115 e. The fourth-order valence-corrected chi connectivity index (χ4v) is 1.36. The molecule has 0 heterocycles. The Hall–Kier alpha value is -1.42. The topological polar surface area (TPSA) is 9.23 Å². The molecule has 0 aliphatic rings. The molecule has 0 aliphatic carbocycles. The predicted molar refractivity (Wildman–Crippen MR) is 63.5 cm³/mol. The molecule has 0 aliphatic heterocycles. The van der Waals surface area contributed by atoms with Gasteiger partial charge >= 0.3 is 0 Å². The zero-order valence-electron chi connectivity index (χ0n) is 9.71. The van der Waals surface area contributed by atoms with Gasteiger partial charge in [-0.1, -0.05) is 26.0 Å². The molecule has 0 saturated heterocycles. The van der Waals surface area contributed by atoms with Crippen LogP contribution in [0.2, 0.25) is 0 Å². The van der Waals surface area contributed by atoms with Gasteiger partial charge in [-0.3, -0.25) is 0 Å². The van der Waals surface area contributed by atoms with Gasteiger partial charge in [0.15, 0.2) is 0 Å². The maximum atomic E-state index is 4.97. The molecule has 0 fully saturated rings. The highest BCUT2D eigenvalue weighted by Crippen LogP contribution is 2.08. The fraction of sp³-hybridized carbons (Fsp3) is 0.429. The van der Waals surface area contributed by atoms with Crippen LogP contribution < -0.4 is 0 Å². The van der Waals surface area contributed by atoms with E-state index in [1.54, 1.807) is 0 Å². The van der Waals surface area contributed by atoms with E-state index in [1.165, 1.54) is 5.56 Å². The molecule has 1 rings (SSSR count). The van der Waals surface area contributed by atoms with Crippen molar-refractivity contribution in [2.75, 3.05) is 6.61 Å². The van der Waals surface area contributed by atoms with Gasteiger partial charge in [-0.15, -0.1) is 0 Å². The first-order valence-electron chi connectivity index (χ1n) is 5.44. The van der Waals surface area contributed by atoms with Gasteiger partial charge in [-0.25, -0.2) is 0 Å². The van der Waals surface area contributed by atoms with Crippen molar-refractivity contribution in [2.24, 2.45) is 5.92 Å². The lowest BCUT2D eigenvalue weighted by atomic mass is 10.0. The third-order valence-electron chi connectivity index (χ3n) is 2.01. The maximum Gasteiger partial charge on any atom is 0.115 e. The number of ether oxygens (including phenoxy) is 1. The van der Waals surface area contributed by atoms with E-state index in [1.807, 2.05) is 19.1 Å². The Kier molecular flexibility index (Phi) is 4.77. The average Bonchev–Trinajstić information content (AvgIpc) is 2.20. The summed E-state index contributed by atoms with van der Waals surface area (Å²) < 4.78 is 4.97. The van der Waals surface area contributed by atoms with Crippen molar-refractivity contribution in [3.63, 3.8) is 0 Å². The van der Waals surface area contributed by atoms with Gasteiger partial charge in [0.05, 0.1) is 6.61 Å². The van der Waals surface area contributed by atoms with Crippen LogP contribution in [0.25, 0.3) is 0 Å². The van der Waals surface area contributed by atoms with Gasteiger partial charge in [-0.2, -0.15) is 0 Å².